The number of hydrogen-bond donors (Lipinski definition) is 0. The normalized spacial score (nSPS) is 22.9. The Morgan fingerprint density at radius 1 is 1.18 bits per heavy atom. The summed E-state index contributed by atoms with van der Waals surface area (Å²) in [6, 6.07) is 0. The van der Waals surface area contributed by atoms with Crippen LogP contribution < -0.4 is 0 Å². The van der Waals surface area contributed by atoms with Gasteiger partial charge in [-0.2, -0.15) is 5.10 Å². The number of aromatic nitrogens is 2. The van der Waals surface area contributed by atoms with Crippen molar-refractivity contribution in [3.05, 3.63) is 18.0 Å². The van der Waals surface area contributed by atoms with Gasteiger partial charge in [0.15, 0.2) is 0 Å². The summed E-state index contributed by atoms with van der Waals surface area (Å²) in [5, 5.41) is 4.22. The van der Waals surface area contributed by atoms with Gasteiger partial charge in [-0.3, -0.25) is 14.4 Å². The van der Waals surface area contributed by atoms with E-state index in [-0.39, 0.29) is 17.6 Å². The topological polar surface area (TPSA) is 78.8 Å². The summed E-state index contributed by atoms with van der Waals surface area (Å²) < 4.78 is 28.1. The van der Waals surface area contributed by atoms with Crippen molar-refractivity contribution in [1.29, 1.82) is 0 Å². The molecule has 1 atom stereocenters. The van der Waals surface area contributed by atoms with Gasteiger partial charge in [0.1, 0.15) is 0 Å². The molecule has 0 aliphatic carbocycles. The van der Waals surface area contributed by atoms with Gasteiger partial charge in [-0.15, -0.1) is 0 Å². The van der Waals surface area contributed by atoms with Crippen LogP contribution in [0.4, 0.5) is 0 Å². The van der Waals surface area contributed by atoms with E-state index in [1.54, 1.807) is 0 Å². The first-order chi connectivity index (χ1) is 13.4. The van der Waals surface area contributed by atoms with Crippen molar-refractivity contribution in [2.75, 3.05) is 45.0 Å². The number of carbonyl (C=O) groups is 1. The number of rotatable bonds is 6. The van der Waals surface area contributed by atoms with Crippen LogP contribution in [-0.4, -0.2) is 83.2 Å². The predicted octanol–water partition coefficient (Wildman–Crippen LogP) is 0.906. The average molecular weight is 412 g/mol. The fraction of sp³-hybridized carbons (Fsp3) is 0.789. The van der Waals surface area contributed by atoms with Crippen LogP contribution in [0, 0.1) is 5.92 Å². The Labute approximate surface area is 168 Å². The summed E-state index contributed by atoms with van der Waals surface area (Å²) in [7, 11) is -1.32. The highest BCUT2D eigenvalue weighted by Gasteiger charge is 2.34. The molecule has 0 saturated carbocycles. The average Bonchev–Trinajstić information content (AvgIpc) is 2.94. The molecule has 1 aromatic rings. The van der Waals surface area contributed by atoms with E-state index in [1.165, 1.54) is 9.87 Å². The van der Waals surface area contributed by atoms with E-state index in [0.717, 1.165) is 45.4 Å². The maximum absolute atomic E-state index is 13.1. The van der Waals surface area contributed by atoms with Crippen LogP contribution in [0.15, 0.2) is 12.4 Å². The molecule has 1 unspecified atom stereocenters. The van der Waals surface area contributed by atoms with Crippen molar-refractivity contribution in [2.45, 2.75) is 39.2 Å². The fourth-order valence-corrected chi connectivity index (χ4v) is 5.79. The molecule has 3 rings (SSSR count). The van der Waals surface area contributed by atoms with E-state index >= 15 is 0 Å². The first-order valence-electron chi connectivity index (χ1n) is 10.4. The molecule has 8 nitrogen and oxygen atoms in total. The SMILES string of the molecule is CCCS(=O)(=O)N1CCCC(C(=O)N2CCCN(Cc3cnn(C)c3)CC2)C1. The number of piperidine rings is 1. The summed E-state index contributed by atoms with van der Waals surface area (Å²) in [6.07, 6.45) is 7.02. The largest absolute Gasteiger partial charge is 0.341 e. The molecule has 0 N–H and O–H groups in total. The summed E-state index contributed by atoms with van der Waals surface area (Å²) in [5.74, 6) is 0.0888. The van der Waals surface area contributed by atoms with Gasteiger partial charge in [-0.05, 0) is 25.7 Å². The summed E-state index contributed by atoms with van der Waals surface area (Å²) in [4.78, 5) is 17.4. The third-order valence-electron chi connectivity index (χ3n) is 5.65. The van der Waals surface area contributed by atoms with E-state index in [9.17, 15) is 13.2 Å². The van der Waals surface area contributed by atoms with E-state index in [1.807, 2.05) is 35.9 Å². The van der Waals surface area contributed by atoms with E-state index < -0.39 is 10.0 Å². The van der Waals surface area contributed by atoms with E-state index in [4.69, 9.17) is 0 Å². The zero-order valence-corrected chi connectivity index (χ0v) is 17.9. The minimum Gasteiger partial charge on any atom is -0.341 e. The van der Waals surface area contributed by atoms with Crippen LogP contribution in [0.5, 0.6) is 0 Å². The lowest BCUT2D eigenvalue weighted by Crippen LogP contribution is -2.48. The second-order valence-electron chi connectivity index (χ2n) is 7.99. The Hall–Kier alpha value is -1.45. The van der Waals surface area contributed by atoms with Crippen molar-refractivity contribution in [3.63, 3.8) is 0 Å². The van der Waals surface area contributed by atoms with Crippen molar-refractivity contribution in [2.24, 2.45) is 13.0 Å². The smallest absolute Gasteiger partial charge is 0.227 e. The second kappa shape index (κ2) is 9.37. The third kappa shape index (κ3) is 5.33. The van der Waals surface area contributed by atoms with Crippen LogP contribution in [0.25, 0.3) is 0 Å². The Morgan fingerprint density at radius 2 is 2.00 bits per heavy atom. The standard InChI is InChI=1S/C19H33N5O3S/c1-3-12-28(26,27)24-9-4-6-18(16-24)19(25)23-8-5-7-22(10-11-23)15-17-13-20-21(2)14-17/h13-14,18H,3-12,15-16H2,1-2H3. The molecular formula is C19H33N5O3S. The molecule has 9 heteroatoms. The van der Waals surface area contributed by atoms with E-state index in [0.29, 0.717) is 26.1 Å². The number of sulfonamides is 1. The second-order valence-corrected chi connectivity index (χ2v) is 10.1. The molecule has 0 spiro atoms. The van der Waals surface area contributed by atoms with Gasteiger partial charge in [-0.1, -0.05) is 6.92 Å². The lowest BCUT2D eigenvalue weighted by Gasteiger charge is -2.34. The predicted molar refractivity (Wildman–Crippen MR) is 108 cm³/mol. The molecule has 3 heterocycles. The highest BCUT2D eigenvalue weighted by Crippen LogP contribution is 2.22. The summed E-state index contributed by atoms with van der Waals surface area (Å²) in [6.45, 7) is 6.87. The first kappa shape index (κ1) is 21.3. The number of aryl methyl sites for hydroxylation is 1. The molecule has 0 radical (unpaired) electrons. The molecule has 28 heavy (non-hydrogen) atoms. The number of hydrogen-bond acceptors (Lipinski definition) is 5. The van der Waals surface area contributed by atoms with Crippen LogP contribution in [0.1, 0.15) is 38.2 Å². The highest BCUT2D eigenvalue weighted by atomic mass is 32.2. The molecule has 0 bridgehead atoms. The van der Waals surface area contributed by atoms with Gasteiger partial charge in [0.2, 0.25) is 15.9 Å². The van der Waals surface area contributed by atoms with Gasteiger partial charge in [0, 0.05) is 64.6 Å². The molecule has 0 aromatic carbocycles. The molecule has 1 aromatic heterocycles. The maximum atomic E-state index is 13.1. The number of nitrogens with zero attached hydrogens (tertiary/aromatic N) is 5. The molecular weight excluding hydrogens is 378 g/mol. The van der Waals surface area contributed by atoms with Crippen molar-refractivity contribution >= 4 is 15.9 Å². The van der Waals surface area contributed by atoms with Gasteiger partial charge in [-0.25, -0.2) is 12.7 Å². The Balaban J connectivity index is 1.55. The first-order valence-corrected chi connectivity index (χ1v) is 12.0. The van der Waals surface area contributed by atoms with Crippen LogP contribution in [-0.2, 0) is 28.4 Å². The molecule has 2 saturated heterocycles. The van der Waals surface area contributed by atoms with Gasteiger partial charge in [0.25, 0.3) is 0 Å². The fourth-order valence-electron chi connectivity index (χ4n) is 4.20. The third-order valence-corrected chi connectivity index (χ3v) is 7.70. The van der Waals surface area contributed by atoms with Gasteiger partial charge in [0.05, 0.1) is 17.9 Å². The lowest BCUT2D eigenvalue weighted by molar-refractivity contribution is -0.136. The van der Waals surface area contributed by atoms with Crippen molar-refractivity contribution in [3.8, 4) is 0 Å². The van der Waals surface area contributed by atoms with Crippen LogP contribution in [0.3, 0.4) is 0 Å². The number of amides is 1. The van der Waals surface area contributed by atoms with Gasteiger partial charge >= 0.3 is 0 Å². The minimum absolute atomic E-state index is 0.125. The molecule has 2 fully saturated rings. The molecule has 1 amide bonds. The van der Waals surface area contributed by atoms with Crippen LogP contribution in [0.2, 0.25) is 0 Å². The van der Waals surface area contributed by atoms with Crippen molar-refractivity contribution < 1.29 is 13.2 Å². The number of carbonyl (C=O) groups excluding carboxylic acids is 1. The zero-order chi connectivity index (χ0) is 20.1. The zero-order valence-electron chi connectivity index (χ0n) is 17.1. The molecule has 158 valence electrons. The minimum atomic E-state index is -3.23. The van der Waals surface area contributed by atoms with Crippen LogP contribution >= 0.6 is 0 Å². The Bertz CT molecular complexity index is 763. The van der Waals surface area contributed by atoms with Crippen molar-refractivity contribution in [1.82, 2.24) is 23.9 Å². The Morgan fingerprint density at radius 3 is 2.71 bits per heavy atom. The monoisotopic (exact) mass is 411 g/mol. The maximum Gasteiger partial charge on any atom is 0.227 e. The summed E-state index contributed by atoms with van der Waals surface area (Å²) >= 11 is 0. The van der Waals surface area contributed by atoms with E-state index in [2.05, 4.69) is 10.00 Å². The Kier molecular flexibility index (Phi) is 7.11. The molecule has 2 aliphatic rings. The van der Waals surface area contributed by atoms with Gasteiger partial charge < -0.3 is 4.90 Å². The highest BCUT2D eigenvalue weighted by molar-refractivity contribution is 7.89. The molecule has 2 aliphatic heterocycles. The lowest BCUT2D eigenvalue weighted by atomic mass is 9.98. The summed E-state index contributed by atoms with van der Waals surface area (Å²) in [5.41, 5.74) is 1.19. The quantitative estimate of drug-likeness (QED) is 0.695.